The lowest BCUT2D eigenvalue weighted by molar-refractivity contribution is -0.892. The van der Waals surface area contributed by atoms with Crippen molar-refractivity contribution < 1.29 is 19.6 Å². The van der Waals surface area contributed by atoms with Crippen molar-refractivity contribution in [3.8, 4) is 5.75 Å². The molecule has 0 saturated carbocycles. The highest BCUT2D eigenvalue weighted by Crippen LogP contribution is 2.26. The summed E-state index contributed by atoms with van der Waals surface area (Å²) < 4.78 is 0. The first kappa shape index (κ1) is 17.5. The van der Waals surface area contributed by atoms with E-state index >= 15 is 0 Å². The van der Waals surface area contributed by atoms with Crippen molar-refractivity contribution in [1.29, 1.82) is 0 Å². The van der Waals surface area contributed by atoms with Gasteiger partial charge in [0.25, 0.3) is 5.91 Å². The number of rotatable bonds is 4. The normalized spacial score (nSPS) is 22.0. The van der Waals surface area contributed by atoms with E-state index in [-0.39, 0.29) is 17.7 Å². The summed E-state index contributed by atoms with van der Waals surface area (Å²) in [6, 6.07) is 7.35. The molecule has 0 aliphatic carbocycles. The molecule has 2 aliphatic heterocycles. The van der Waals surface area contributed by atoms with Gasteiger partial charge in [0.2, 0.25) is 5.91 Å². The number of anilines is 1. The molecule has 1 aromatic rings. The van der Waals surface area contributed by atoms with Gasteiger partial charge < -0.3 is 25.5 Å². The number of hydrogen-bond donors (Lipinski definition) is 3. The molecule has 2 fully saturated rings. The van der Waals surface area contributed by atoms with E-state index in [1.807, 2.05) is 18.2 Å². The van der Waals surface area contributed by atoms with Gasteiger partial charge in [-0.3, -0.25) is 9.59 Å². The molecule has 2 aliphatic rings. The molecule has 2 amide bonds. The topological polar surface area (TPSA) is 91.3 Å². The second-order valence-corrected chi connectivity index (χ2v) is 6.98. The largest absolute Gasteiger partial charge is 0.506 e. The number of carbonyl (C=O) groups excluding carboxylic acids is 2. The van der Waals surface area contributed by atoms with Gasteiger partial charge in [-0.25, -0.2) is 0 Å². The Morgan fingerprint density at radius 2 is 1.92 bits per heavy atom. The number of nitrogens with zero attached hydrogens (tertiary/aromatic N) is 2. The number of carbonyl (C=O) groups is 2. The van der Waals surface area contributed by atoms with E-state index in [9.17, 15) is 14.7 Å². The van der Waals surface area contributed by atoms with Gasteiger partial charge >= 0.3 is 0 Å². The first-order valence-corrected chi connectivity index (χ1v) is 8.98. The van der Waals surface area contributed by atoms with Crippen molar-refractivity contribution in [1.82, 2.24) is 4.90 Å². The van der Waals surface area contributed by atoms with Crippen LogP contribution in [-0.2, 0) is 9.59 Å². The number of benzene rings is 1. The Balaban J connectivity index is 1.49. The van der Waals surface area contributed by atoms with Crippen molar-refractivity contribution in [2.75, 3.05) is 50.7 Å². The molecular weight excluding hydrogens is 320 g/mol. The molecule has 7 heteroatoms. The number of primary amides is 1. The Hall–Kier alpha value is -2.28. The number of phenols is 1. The predicted octanol–water partition coefficient (Wildman–Crippen LogP) is -1.18. The third-order valence-corrected chi connectivity index (χ3v) is 5.27. The third-order valence-electron chi connectivity index (χ3n) is 5.27. The van der Waals surface area contributed by atoms with Gasteiger partial charge in [-0.2, -0.15) is 0 Å². The number of para-hydroxylation sites is 2. The summed E-state index contributed by atoms with van der Waals surface area (Å²) in [6.07, 6.45) is 1.63. The molecule has 2 saturated heterocycles. The maximum atomic E-state index is 12.5. The van der Waals surface area contributed by atoms with Crippen molar-refractivity contribution >= 4 is 17.5 Å². The van der Waals surface area contributed by atoms with Gasteiger partial charge in [0.1, 0.15) is 5.75 Å². The van der Waals surface area contributed by atoms with E-state index in [1.54, 1.807) is 11.0 Å². The molecule has 0 aromatic heterocycles. The van der Waals surface area contributed by atoms with Crippen molar-refractivity contribution in [2.45, 2.75) is 12.8 Å². The maximum Gasteiger partial charge on any atom is 0.277 e. The number of quaternary nitrogens is 1. The van der Waals surface area contributed by atoms with Gasteiger partial charge in [0.15, 0.2) is 6.54 Å². The molecule has 0 unspecified atom stereocenters. The van der Waals surface area contributed by atoms with E-state index < -0.39 is 0 Å². The Kier molecular flexibility index (Phi) is 5.43. The van der Waals surface area contributed by atoms with Gasteiger partial charge in [-0.05, 0) is 25.0 Å². The van der Waals surface area contributed by atoms with Crippen LogP contribution in [0.5, 0.6) is 5.75 Å². The SMILES string of the molecule is NC(=O)[C@@H]1CCCN(C(=O)C[NH+]2CCN(c3ccccc3O)CC2)C1. The zero-order valence-electron chi connectivity index (χ0n) is 14.5. The molecule has 4 N–H and O–H groups in total. The number of hydrogen-bond acceptors (Lipinski definition) is 4. The van der Waals surface area contributed by atoms with Crippen LogP contribution in [0.2, 0.25) is 0 Å². The highest BCUT2D eigenvalue weighted by atomic mass is 16.3. The average Bonchev–Trinajstić information content (AvgIpc) is 2.63. The summed E-state index contributed by atoms with van der Waals surface area (Å²) in [7, 11) is 0. The highest BCUT2D eigenvalue weighted by molar-refractivity contribution is 5.80. The molecule has 7 nitrogen and oxygen atoms in total. The van der Waals surface area contributed by atoms with Crippen LogP contribution in [0.15, 0.2) is 24.3 Å². The van der Waals surface area contributed by atoms with Crippen LogP contribution in [0.1, 0.15) is 12.8 Å². The van der Waals surface area contributed by atoms with Crippen molar-refractivity contribution in [3.05, 3.63) is 24.3 Å². The van der Waals surface area contributed by atoms with E-state index in [4.69, 9.17) is 5.73 Å². The first-order valence-electron chi connectivity index (χ1n) is 8.98. The number of piperazine rings is 1. The van der Waals surface area contributed by atoms with Crippen molar-refractivity contribution in [2.24, 2.45) is 11.7 Å². The van der Waals surface area contributed by atoms with Crippen LogP contribution in [0.4, 0.5) is 5.69 Å². The molecule has 0 bridgehead atoms. The lowest BCUT2D eigenvalue weighted by Crippen LogP contribution is -3.16. The number of nitrogens with two attached hydrogens (primary N) is 1. The van der Waals surface area contributed by atoms with Crippen LogP contribution in [0.25, 0.3) is 0 Å². The molecule has 2 heterocycles. The minimum Gasteiger partial charge on any atom is -0.506 e. The van der Waals surface area contributed by atoms with Gasteiger partial charge in [-0.1, -0.05) is 12.1 Å². The van der Waals surface area contributed by atoms with E-state index in [0.29, 0.717) is 18.8 Å². The van der Waals surface area contributed by atoms with Crippen LogP contribution < -0.4 is 15.5 Å². The summed E-state index contributed by atoms with van der Waals surface area (Å²) in [4.78, 5) is 29.1. The summed E-state index contributed by atoms with van der Waals surface area (Å²) in [5, 5.41) is 9.97. The number of nitrogens with one attached hydrogen (secondary N) is 1. The molecule has 0 spiro atoms. The number of phenolic OH excluding ortho intramolecular Hbond substituents is 1. The smallest absolute Gasteiger partial charge is 0.277 e. The number of amides is 2. The minimum atomic E-state index is -0.305. The molecule has 1 atom stereocenters. The standard InChI is InChI=1S/C18H26N4O3/c19-18(25)14-4-3-7-22(12-14)17(24)13-20-8-10-21(11-9-20)15-5-1-2-6-16(15)23/h1-2,5-6,14,23H,3-4,7-13H2,(H2,19,25)/p+1/t14-/m1/s1. The van der Waals surface area contributed by atoms with E-state index in [0.717, 1.165) is 51.3 Å². The quantitative estimate of drug-likeness (QED) is 0.640. The van der Waals surface area contributed by atoms with E-state index in [1.165, 1.54) is 4.90 Å². The molecule has 0 radical (unpaired) electrons. The fourth-order valence-electron chi connectivity index (χ4n) is 3.73. The van der Waals surface area contributed by atoms with Crippen LogP contribution in [0, 0.1) is 5.92 Å². The second-order valence-electron chi connectivity index (χ2n) is 6.98. The maximum absolute atomic E-state index is 12.5. The summed E-state index contributed by atoms with van der Waals surface area (Å²) >= 11 is 0. The number of piperidine rings is 1. The number of aromatic hydroxyl groups is 1. The Morgan fingerprint density at radius 3 is 2.60 bits per heavy atom. The lowest BCUT2D eigenvalue weighted by Gasteiger charge is -2.36. The van der Waals surface area contributed by atoms with Gasteiger partial charge in [-0.15, -0.1) is 0 Å². The lowest BCUT2D eigenvalue weighted by atomic mass is 9.97. The Bertz CT molecular complexity index is 629. The zero-order chi connectivity index (χ0) is 17.8. The van der Waals surface area contributed by atoms with Crippen LogP contribution in [0.3, 0.4) is 0 Å². The average molecular weight is 347 g/mol. The first-order chi connectivity index (χ1) is 12.0. The van der Waals surface area contributed by atoms with E-state index in [2.05, 4.69) is 4.90 Å². The third kappa shape index (κ3) is 4.22. The Morgan fingerprint density at radius 1 is 1.20 bits per heavy atom. The fourth-order valence-corrected chi connectivity index (χ4v) is 3.73. The molecule has 3 rings (SSSR count). The predicted molar refractivity (Wildman–Crippen MR) is 94.4 cm³/mol. The molecule has 25 heavy (non-hydrogen) atoms. The monoisotopic (exact) mass is 347 g/mol. The zero-order valence-corrected chi connectivity index (χ0v) is 14.5. The minimum absolute atomic E-state index is 0.108. The molecule has 136 valence electrons. The van der Waals surface area contributed by atoms with Crippen LogP contribution in [-0.4, -0.2) is 67.6 Å². The van der Waals surface area contributed by atoms with Crippen molar-refractivity contribution in [3.63, 3.8) is 0 Å². The molecule has 1 aromatic carbocycles. The molecular formula is C18H27N4O3+. The van der Waals surface area contributed by atoms with Gasteiger partial charge in [0.05, 0.1) is 37.8 Å². The Labute approximate surface area is 148 Å². The summed E-state index contributed by atoms with van der Waals surface area (Å²) in [5.41, 5.74) is 6.24. The summed E-state index contributed by atoms with van der Waals surface area (Å²) in [5.74, 6) is -0.100. The highest BCUT2D eigenvalue weighted by Gasteiger charge is 2.30. The van der Waals surface area contributed by atoms with Crippen LogP contribution >= 0.6 is 0 Å². The summed E-state index contributed by atoms with van der Waals surface area (Å²) in [6.45, 7) is 4.97. The number of likely N-dealkylation sites (tertiary alicyclic amines) is 1. The fraction of sp³-hybridized carbons (Fsp3) is 0.556. The van der Waals surface area contributed by atoms with Gasteiger partial charge in [0, 0.05) is 13.1 Å². The second kappa shape index (κ2) is 7.74.